The molecular formula is C16H19N3OS. The molecule has 110 valence electrons. The van der Waals surface area contributed by atoms with Gasteiger partial charge in [0.2, 0.25) is 0 Å². The first-order valence-electron chi connectivity index (χ1n) is 7.13. The van der Waals surface area contributed by atoms with Crippen molar-refractivity contribution in [3.8, 4) is 5.75 Å². The summed E-state index contributed by atoms with van der Waals surface area (Å²) in [6.45, 7) is 2.92. The lowest BCUT2D eigenvalue weighted by molar-refractivity contribution is 0.318. The van der Waals surface area contributed by atoms with Gasteiger partial charge in [-0.15, -0.1) is 11.3 Å². The summed E-state index contributed by atoms with van der Waals surface area (Å²) in [6, 6.07) is 7.39. The molecule has 0 aliphatic carbocycles. The van der Waals surface area contributed by atoms with Gasteiger partial charge < -0.3 is 10.8 Å². The maximum absolute atomic E-state index is 9.73. The van der Waals surface area contributed by atoms with E-state index in [9.17, 15) is 5.11 Å². The van der Waals surface area contributed by atoms with E-state index in [1.807, 2.05) is 24.3 Å². The molecule has 3 N–H and O–H groups in total. The molecule has 0 saturated heterocycles. The molecule has 2 heterocycles. The number of benzene rings is 1. The predicted octanol–water partition coefficient (Wildman–Crippen LogP) is 2.54. The Morgan fingerprint density at radius 1 is 1.29 bits per heavy atom. The molecule has 21 heavy (non-hydrogen) atoms. The molecule has 0 bridgehead atoms. The lowest BCUT2D eigenvalue weighted by Crippen LogP contribution is -2.26. The molecule has 1 aromatic heterocycles. The van der Waals surface area contributed by atoms with Gasteiger partial charge in [0.15, 0.2) is 5.13 Å². The molecular weight excluding hydrogens is 282 g/mol. The number of nitrogen functional groups attached to an aromatic ring is 1. The minimum Gasteiger partial charge on any atom is -0.507 e. The smallest absolute Gasteiger partial charge is 0.180 e. The molecule has 0 unspecified atom stereocenters. The summed E-state index contributed by atoms with van der Waals surface area (Å²) < 4.78 is 0. The van der Waals surface area contributed by atoms with Gasteiger partial charge in [0, 0.05) is 36.5 Å². The Balaban J connectivity index is 1.58. The third-order valence-corrected chi connectivity index (χ3v) is 4.70. The Morgan fingerprint density at radius 3 is 2.95 bits per heavy atom. The summed E-state index contributed by atoms with van der Waals surface area (Å²) >= 11 is 1.62. The van der Waals surface area contributed by atoms with Crippen LogP contribution in [0.4, 0.5) is 5.13 Å². The number of nitrogens with two attached hydrogens (primary N) is 1. The van der Waals surface area contributed by atoms with Gasteiger partial charge in [-0.05, 0) is 12.5 Å². The molecule has 5 heteroatoms. The lowest BCUT2D eigenvalue weighted by atomic mass is 10.2. The van der Waals surface area contributed by atoms with Crippen molar-refractivity contribution >= 4 is 22.5 Å². The van der Waals surface area contributed by atoms with Gasteiger partial charge in [0.05, 0.1) is 5.69 Å². The molecule has 3 rings (SSSR count). The third kappa shape index (κ3) is 3.43. The Bertz CT molecular complexity index is 625. The number of fused-ring (bicyclic) bond motifs is 1. The van der Waals surface area contributed by atoms with Gasteiger partial charge in [0.25, 0.3) is 0 Å². The summed E-state index contributed by atoms with van der Waals surface area (Å²) in [5.41, 5.74) is 7.79. The third-order valence-electron chi connectivity index (χ3n) is 3.71. The van der Waals surface area contributed by atoms with Crippen molar-refractivity contribution < 1.29 is 5.11 Å². The normalized spacial score (nSPS) is 16.0. The molecule has 1 aliphatic rings. The van der Waals surface area contributed by atoms with Crippen LogP contribution < -0.4 is 5.73 Å². The monoisotopic (exact) mass is 301 g/mol. The Morgan fingerprint density at radius 2 is 2.10 bits per heavy atom. The van der Waals surface area contributed by atoms with Crippen LogP contribution in [0.15, 0.2) is 30.3 Å². The second kappa shape index (κ2) is 6.28. The number of aromatic nitrogens is 1. The fourth-order valence-corrected chi connectivity index (χ4v) is 3.44. The predicted molar refractivity (Wildman–Crippen MR) is 87.5 cm³/mol. The summed E-state index contributed by atoms with van der Waals surface area (Å²) in [4.78, 5) is 8.14. The van der Waals surface area contributed by atoms with Crippen molar-refractivity contribution in [3.05, 3.63) is 46.5 Å². The summed E-state index contributed by atoms with van der Waals surface area (Å²) in [6.07, 6.45) is 6.07. The molecule has 2 aromatic rings. The quantitative estimate of drug-likeness (QED) is 0.914. The topological polar surface area (TPSA) is 62.4 Å². The fourth-order valence-electron chi connectivity index (χ4n) is 2.57. The molecule has 0 saturated carbocycles. The number of hydrogen-bond donors (Lipinski definition) is 2. The fraction of sp³-hybridized carbons (Fsp3) is 0.312. The average Bonchev–Trinajstić information content (AvgIpc) is 2.73. The zero-order chi connectivity index (χ0) is 14.7. The zero-order valence-corrected chi connectivity index (χ0v) is 12.6. The maximum atomic E-state index is 9.73. The molecule has 4 nitrogen and oxygen atoms in total. The minimum absolute atomic E-state index is 0.325. The zero-order valence-electron chi connectivity index (χ0n) is 11.8. The minimum atomic E-state index is 0.325. The van der Waals surface area contributed by atoms with Crippen molar-refractivity contribution in [1.29, 1.82) is 0 Å². The highest BCUT2D eigenvalue weighted by molar-refractivity contribution is 7.15. The number of thiazole rings is 1. The van der Waals surface area contributed by atoms with E-state index in [4.69, 9.17) is 5.73 Å². The molecule has 1 aliphatic heterocycles. The second-order valence-corrected chi connectivity index (χ2v) is 6.30. The van der Waals surface area contributed by atoms with Crippen LogP contribution in [0.1, 0.15) is 16.1 Å². The summed E-state index contributed by atoms with van der Waals surface area (Å²) in [7, 11) is 0. The van der Waals surface area contributed by atoms with E-state index in [0.717, 1.165) is 38.0 Å². The number of hydrogen-bond acceptors (Lipinski definition) is 5. The molecule has 0 atom stereocenters. The van der Waals surface area contributed by atoms with E-state index in [1.165, 1.54) is 10.6 Å². The van der Waals surface area contributed by atoms with Crippen molar-refractivity contribution in [2.75, 3.05) is 25.4 Å². The van der Waals surface area contributed by atoms with E-state index in [-0.39, 0.29) is 0 Å². The number of anilines is 1. The number of phenolic OH excluding ortho intramolecular Hbond substituents is 1. The van der Waals surface area contributed by atoms with Crippen LogP contribution in [-0.2, 0) is 12.8 Å². The first-order valence-corrected chi connectivity index (χ1v) is 7.95. The highest BCUT2D eigenvalue weighted by Gasteiger charge is 2.16. The molecule has 0 radical (unpaired) electrons. The van der Waals surface area contributed by atoms with Crippen molar-refractivity contribution in [2.24, 2.45) is 0 Å². The second-order valence-electron chi connectivity index (χ2n) is 5.18. The summed E-state index contributed by atoms with van der Waals surface area (Å²) in [5.74, 6) is 0.325. The van der Waals surface area contributed by atoms with E-state index >= 15 is 0 Å². The van der Waals surface area contributed by atoms with Crippen molar-refractivity contribution in [2.45, 2.75) is 12.8 Å². The van der Waals surface area contributed by atoms with E-state index in [2.05, 4.69) is 16.0 Å². The van der Waals surface area contributed by atoms with E-state index in [0.29, 0.717) is 10.9 Å². The Labute approximate surface area is 128 Å². The van der Waals surface area contributed by atoms with Gasteiger partial charge in [-0.25, -0.2) is 4.98 Å². The van der Waals surface area contributed by atoms with Crippen LogP contribution in [0, 0.1) is 0 Å². The SMILES string of the molecule is Nc1nc2c(s1)CCN(C/C=C/c1ccccc1O)CC2. The van der Waals surface area contributed by atoms with Gasteiger partial charge in [-0.1, -0.05) is 30.4 Å². The molecule has 0 amide bonds. The number of phenols is 1. The van der Waals surface area contributed by atoms with Gasteiger partial charge in [-0.3, -0.25) is 4.90 Å². The highest BCUT2D eigenvalue weighted by Crippen LogP contribution is 2.24. The molecule has 0 spiro atoms. The lowest BCUT2D eigenvalue weighted by Gasteiger charge is -2.17. The van der Waals surface area contributed by atoms with Crippen molar-refractivity contribution in [3.63, 3.8) is 0 Å². The van der Waals surface area contributed by atoms with Crippen LogP contribution in [0.5, 0.6) is 5.75 Å². The van der Waals surface area contributed by atoms with Gasteiger partial charge in [0.1, 0.15) is 5.75 Å². The number of aromatic hydroxyl groups is 1. The number of rotatable bonds is 3. The summed E-state index contributed by atoms with van der Waals surface area (Å²) in [5, 5.41) is 10.4. The van der Waals surface area contributed by atoms with Crippen LogP contribution >= 0.6 is 11.3 Å². The van der Waals surface area contributed by atoms with Crippen LogP contribution in [-0.4, -0.2) is 34.6 Å². The van der Waals surface area contributed by atoms with Crippen LogP contribution in [0.2, 0.25) is 0 Å². The van der Waals surface area contributed by atoms with E-state index < -0.39 is 0 Å². The number of para-hydroxylation sites is 1. The van der Waals surface area contributed by atoms with Gasteiger partial charge >= 0.3 is 0 Å². The highest BCUT2D eigenvalue weighted by atomic mass is 32.1. The van der Waals surface area contributed by atoms with Crippen molar-refractivity contribution in [1.82, 2.24) is 9.88 Å². The Hall–Kier alpha value is -1.85. The molecule has 1 aromatic carbocycles. The van der Waals surface area contributed by atoms with Crippen LogP contribution in [0.3, 0.4) is 0 Å². The Kier molecular flexibility index (Phi) is 4.22. The number of nitrogens with zero attached hydrogens (tertiary/aromatic N) is 2. The van der Waals surface area contributed by atoms with Crippen LogP contribution in [0.25, 0.3) is 6.08 Å². The standard InChI is InChI=1S/C16H19N3OS/c17-16-18-13-7-10-19(11-8-15(13)21-16)9-3-5-12-4-1-2-6-14(12)20/h1-6,20H,7-11H2,(H2,17,18)/b5-3+. The maximum Gasteiger partial charge on any atom is 0.180 e. The van der Waals surface area contributed by atoms with Gasteiger partial charge in [-0.2, -0.15) is 0 Å². The first-order chi connectivity index (χ1) is 10.2. The van der Waals surface area contributed by atoms with E-state index in [1.54, 1.807) is 17.4 Å². The molecule has 0 fully saturated rings. The first kappa shape index (κ1) is 14.1. The average molecular weight is 301 g/mol. The largest absolute Gasteiger partial charge is 0.507 e.